The summed E-state index contributed by atoms with van der Waals surface area (Å²) in [5.74, 6) is -0.321. The molecule has 4 heteroatoms. The number of methoxy groups -OCH3 is 1. The van der Waals surface area contributed by atoms with Crippen LogP contribution in [-0.2, 0) is 9.53 Å². The highest BCUT2D eigenvalue weighted by molar-refractivity contribution is 5.79. The highest BCUT2D eigenvalue weighted by Gasteiger charge is 2.33. The first-order valence-corrected chi connectivity index (χ1v) is 6.42. The molecule has 1 saturated heterocycles. The maximum Gasteiger partial charge on any atom is 0.325 e. The number of ether oxygens (including phenoxy) is 1. The molecule has 0 aromatic carbocycles. The van der Waals surface area contributed by atoms with E-state index in [1.54, 1.807) is 6.92 Å². The van der Waals surface area contributed by atoms with E-state index in [0.29, 0.717) is 12.0 Å². The van der Waals surface area contributed by atoms with Crippen molar-refractivity contribution in [2.75, 3.05) is 20.2 Å². The summed E-state index contributed by atoms with van der Waals surface area (Å²) in [4.78, 5) is 13.9. The third kappa shape index (κ3) is 3.68. The Labute approximate surface area is 104 Å². The molecule has 0 aliphatic carbocycles. The zero-order chi connectivity index (χ0) is 13.1. The van der Waals surface area contributed by atoms with Crippen LogP contribution in [0.1, 0.15) is 46.5 Å². The molecule has 1 aliphatic rings. The van der Waals surface area contributed by atoms with Gasteiger partial charge in [0, 0.05) is 5.54 Å². The molecule has 0 bridgehead atoms. The molecule has 1 aliphatic heterocycles. The van der Waals surface area contributed by atoms with E-state index < -0.39 is 5.54 Å². The first kappa shape index (κ1) is 14.5. The molecule has 1 atom stereocenters. The fourth-order valence-corrected chi connectivity index (χ4v) is 2.55. The van der Waals surface area contributed by atoms with E-state index in [4.69, 9.17) is 10.5 Å². The van der Waals surface area contributed by atoms with Crippen molar-refractivity contribution in [3.63, 3.8) is 0 Å². The van der Waals surface area contributed by atoms with Gasteiger partial charge in [-0.25, -0.2) is 0 Å². The number of nitrogens with zero attached hydrogens (tertiary/aromatic N) is 1. The highest BCUT2D eigenvalue weighted by Crippen LogP contribution is 2.28. The lowest BCUT2D eigenvalue weighted by Gasteiger charge is -2.32. The molecule has 1 rings (SSSR count). The van der Waals surface area contributed by atoms with E-state index >= 15 is 0 Å². The smallest absolute Gasteiger partial charge is 0.325 e. The maximum absolute atomic E-state index is 11.4. The lowest BCUT2D eigenvalue weighted by atomic mass is 9.96. The molecule has 0 radical (unpaired) electrons. The summed E-state index contributed by atoms with van der Waals surface area (Å²) in [5.41, 5.74) is 5.38. The predicted molar refractivity (Wildman–Crippen MR) is 68.7 cm³/mol. The van der Waals surface area contributed by atoms with Gasteiger partial charge in [-0.05, 0) is 59.5 Å². The minimum absolute atomic E-state index is 0.302. The minimum atomic E-state index is -0.849. The molecule has 0 aromatic rings. The Kier molecular flexibility index (Phi) is 4.55. The van der Waals surface area contributed by atoms with Crippen molar-refractivity contribution in [1.82, 2.24) is 4.90 Å². The van der Waals surface area contributed by atoms with Gasteiger partial charge in [0.25, 0.3) is 0 Å². The van der Waals surface area contributed by atoms with Crippen LogP contribution >= 0.6 is 0 Å². The molecule has 1 fully saturated rings. The van der Waals surface area contributed by atoms with Gasteiger partial charge in [0.15, 0.2) is 0 Å². The average molecular weight is 242 g/mol. The minimum Gasteiger partial charge on any atom is -0.468 e. The standard InChI is InChI=1S/C13H26N2O2/c1-12(2)7-5-9-15(12)10-6-8-13(3,14)11(16)17-4/h5-10,14H2,1-4H3. The predicted octanol–water partition coefficient (Wildman–Crippen LogP) is 1.53. The highest BCUT2D eigenvalue weighted by atomic mass is 16.5. The van der Waals surface area contributed by atoms with Crippen LogP contribution in [0.2, 0.25) is 0 Å². The summed E-state index contributed by atoms with van der Waals surface area (Å²) in [6.07, 6.45) is 4.13. The van der Waals surface area contributed by atoms with Crippen LogP contribution in [0, 0.1) is 0 Å². The molecule has 100 valence electrons. The normalized spacial score (nSPS) is 23.4. The van der Waals surface area contributed by atoms with E-state index in [-0.39, 0.29) is 5.97 Å². The molecule has 1 heterocycles. The number of hydrogen-bond donors (Lipinski definition) is 1. The van der Waals surface area contributed by atoms with Crippen LogP contribution in [0.25, 0.3) is 0 Å². The largest absolute Gasteiger partial charge is 0.468 e. The summed E-state index contributed by atoms with van der Waals surface area (Å²) in [7, 11) is 1.39. The Hall–Kier alpha value is -0.610. The molecule has 4 nitrogen and oxygen atoms in total. The lowest BCUT2D eigenvalue weighted by Crippen LogP contribution is -2.46. The van der Waals surface area contributed by atoms with Crippen molar-refractivity contribution >= 4 is 5.97 Å². The lowest BCUT2D eigenvalue weighted by molar-refractivity contribution is -0.146. The van der Waals surface area contributed by atoms with Gasteiger partial charge in [0.05, 0.1) is 7.11 Å². The molecular weight excluding hydrogens is 216 g/mol. The van der Waals surface area contributed by atoms with Crippen LogP contribution < -0.4 is 5.73 Å². The van der Waals surface area contributed by atoms with Gasteiger partial charge >= 0.3 is 5.97 Å². The van der Waals surface area contributed by atoms with Crippen LogP contribution in [-0.4, -0.2) is 42.1 Å². The number of rotatable bonds is 5. The summed E-state index contributed by atoms with van der Waals surface area (Å²) in [6, 6.07) is 0. The molecule has 0 spiro atoms. The molecule has 17 heavy (non-hydrogen) atoms. The molecule has 2 N–H and O–H groups in total. The number of hydrogen-bond acceptors (Lipinski definition) is 4. The van der Waals surface area contributed by atoms with E-state index in [1.165, 1.54) is 20.0 Å². The van der Waals surface area contributed by atoms with Crippen LogP contribution in [0.15, 0.2) is 0 Å². The van der Waals surface area contributed by atoms with Gasteiger partial charge in [0.2, 0.25) is 0 Å². The molecule has 1 unspecified atom stereocenters. The van der Waals surface area contributed by atoms with E-state index in [9.17, 15) is 4.79 Å². The number of esters is 1. The average Bonchev–Trinajstić information content (AvgIpc) is 2.57. The summed E-state index contributed by atoms with van der Waals surface area (Å²) < 4.78 is 4.70. The van der Waals surface area contributed by atoms with Crippen molar-refractivity contribution < 1.29 is 9.53 Å². The third-order valence-electron chi connectivity index (χ3n) is 3.85. The van der Waals surface area contributed by atoms with E-state index in [2.05, 4.69) is 18.7 Å². The molecule has 0 saturated carbocycles. The summed E-state index contributed by atoms with van der Waals surface area (Å²) in [6.45, 7) is 8.47. The Balaban J connectivity index is 2.35. The fraction of sp³-hybridized carbons (Fsp3) is 0.923. The summed E-state index contributed by atoms with van der Waals surface area (Å²) in [5, 5.41) is 0. The van der Waals surface area contributed by atoms with Crippen molar-refractivity contribution in [2.24, 2.45) is 5.73 Å². The second kappa shape index (κ2) is 5.36. The summed E-state index contributed by atoms with van der Waals surface area (Å²) >= 11 is 0. The molecular formula is C13H26N2O2. The van der Waals surface area contributed by atoms with Crippen molar-refractivity contribution in [3.05, 3.63) is 0 Å². The van der Waals surface area contributed by atoms with Crippen LogP contribution in [0.5, 0.6) is 0 Å². The number of carbonyl (C=O) groups excluding carboxylic acids is 1. The molecule has 0 amide bonds. The first-order valence-electron chi connectivity index (χ1n) is 6.42. The zero-order valence-corrected chi connectivity index (χ0v) is 11.6. The number of nitrogens with two attached hydrogens (primary N) is 1. The van der Waals surface area contributed by atoms with E-state index in [0.717, 1.165) is 19.5 Å². The van der Waals surface area contributed by atoms with Crippen molar-refractivity contribution in [1.29, 1.82) is 0 Å². The Morgan fingerprint density at radius 3 is 2.65 bits per heavy atom. The monoisotopic (exact) mass is 242 g/mol. The van der Waals surface area contributed by atoms with E-state index in [1.807, 2.05) is 0 Å². The first-order chi connectivity index (χ1) is 7.79. The molecule has 0 aromatic heterocycles. The van der Waals surface area contributed by atoms with Gasteiger partial charge in [-0.1, -0.05) is 0 Å². The van der Waals surface area contributed by atoms with Crippen molar-refractivity contribution in [3.8, 4) is 0 Å². The second-order valence-corrected chi connectivity index (χ2v) is 5.92. The quantitative estimate of drug-likeness (QED) is 0.743. The van der Waals surface area contributed by atoms with Crippen LogP contribution in [0.3, 0.4) is 0 Å². The van der Waals surface area contributed by atoms with Crippen LogP contribution in [0.4, 0.5) is 0 Å². The number of carbonyl (C=O) groups is 1. The maximum atomic E-state index is 11.4. The zero-order valence-electron chi connectivity index (χ0n) is 11.6. The third-order valence-corrected chi connectivity index (χ3v) is 3.85. The van der Waals surface area contributed by atoms with Crippen molar-refractivity contribution in [2.45, 2.75) is 57.5 Å². The van der Waals surface area contributed by atoms with Gasteiger partial charge in [-0.2, -0.15) is 0 Å². The Morgan fingerprint density at radius 1 is 1.53 bits per heavy atom. The number of likely N-dealkylation sites (tertiary alicyclic amines) is 1. The topological polar surface area (TPSA) is 55.6 Å². The fourth-order valence-electron chi connectivity index (χ4n) is 2.55. The van der Waals surface area contributed by atoms with Gasteiger partial charge in [0.1, 0.15) is 5.54 Å². The van der Waals surface area contributed by atoms with Gasteiger partial charge in [-0.3, -0.25) is 9.69 Å². The van der Waals surface area contributed by atoms with Gasteiger partial charge in [-0.15, -0.1) is 0 Å². The van der Waals surface area contributed by atoms with Gasteiger partial charge < -0.3 is 10.5 Å². The SMILES string of the molecule is COC(=O)C(C)(N)CCCN1CCCC1(C)C. The Morgan fingerprint density at radius 2 is 2.18 bits per heavy atom. The Bertz CT molecular complexity index is 275. The second-order valence-electron chi connectivity index (χ2n) is 5.92.